The van der Waals surface area contributed by atoms with E-state index in [0.717, 1.165) is 5.56 Å². The fourth-order valence-corrected chi connectivity index (χ4v) is 2.07. The van der Waals surface area contributed by atoms with Gasteiger partial charge in [-0.25, -0.2) is 0 Å². The van der Waals surface area contributed by atoms with Crippen LogP contribution in [0.4, 0.5) is 0 Å². The number of ketones is 1. The molecule has 0 radical (unpaired) electrons. The summed E-state index contributed by atoms with van der Waals surface area (Å²) >= 11 is 0. The number of carbonyl (C=O) groups excluding carboxylic acids is 1. The second kappa shape index (κ2) is 5.75. The van der Waals surface area contributed by atoms with Crippen LogP contribution in [0.3, 0.4) is 0 Å². The van der Waals surface area contributed by atoms with E-state index in [1.165, 1.54) is 31.4 Å². The van der Waals surface area contributed by atoms with Crippen LogP contribution in [0, 0.1) is 0 Å². The number of methoxy groups -OCH3 is 1. The largest absolute Gasteiger partial charge is 0.508 e. The number of benzene rings is 2. The number of ether oxygens (including phenoxy) is 1. The third-order valence-corrected chi connectivity index (χ3v) is 3.35. The summed E-state index contributed by atoms with van der Waals surface area (Å²) in [6.45, 7) is 1.72. The van der Waals surface area contributed by atoms with Gasteiger partial charge < -0.3 is 20.1 Å². The quantitative estimate of drug-likeness (QED) is 0.595. The van der Waals surface area contributed by atoms with E-state index in [9.17, 15) is 20.1 Å². The van der Waals surface area contributed by atoms with Gasteiger partial charge in [-0.05, 0) is 23.8 Å². The van der Waals surface area contributed by atoms with Crippen LogP contribution in [0.2, 0.25) is 0 Å². The molecule has 110 valence electrons. The van der Waals surface area contributed by atoms with Crippen molar-refractivity contribution in [2.45, 2.75) is 12.8 Å². The zero-order chi connectivity index (χ0) is 15.6. The average molecular weight is 288 g/mol. The third-order valence-electron chi connectivity index (χ3n) is 3.35. The molecule has 21 heavy (non-hydrogen) atoms. The van der Waals surface area contributed by atoms with Gasteiger partial charge in [-0.15, -0.1) is 0 Å². The molecule has 0 bridgehead atoms. The Balaban J connectivity index is 2.39. The fraction of sp³-hybridized carbons (Fsp3) is 0.188. The van der Waals surface area contributed by atoms with Crippen molar-refractivity contribution in [3.63, 3.8) is 0 Å². The number of phenolic OH excluding ortho intramolecular Hbond substituents is 3. The SMILES string of the molecule is COc1cc(O)c(O)cc1C(=O)C(C)c1ccc(O)cc1. The maximum Gasteiger partial charge on any atom is 0.173 e. The molecule has 0 fully saturated rings. The normalized spacial score (nSPS) is 11.9. The Morgan fingerprint density at radius 1 is 1.05 bits per heavy atom. The van der Waals surface area contributed by atoms with E-state index in [-0.39, 0.29) is 34.3 Å². The lowest BCUT2D eigenvalue weighted by atomic mass is 9.91. The zero-order valence-electron chi connectivity index (χ0n) is 11.7. The van der Waals surface area contributed by atoms with Crippen LogP contribution in [0.5, 0.6) is 23.0 Å². The maximum absolute atomic E-state index is 12.5. The van der Waals surface area contributed by atoms with Crippen molar-refractivity contribution in [2.24, 2.45) is 0 Å². The van der Waals surface area contributed by atoms with Gasteiger partial charge in [0, 0.05) is 12.0 Å². The van der Waals surface area contributed by atoms with Crippen molar-refractivity contribution in [3.05, 3.63) is 47.5 Å². The summed E-state index contributed by atoms with van der Waals surface area (Å²) in [5, 5.41) is 28.3. The summed E-state index contributed by atoms with van der Waals surface area (Å²) in [5.74, 6) is -1.15. The summed E-state index contributed by atoms with van der Waals surface area (Å²) in [4.78, 5) is 12.5. The highest BCUT2D eigenvalue weighted by Gasteiger charge is 2.22. The maximum atomic E-state index is 12.5. The molecular weight excluding hydrogens is 272 g/mol. The number of carbonyl (C=O) groups is 1. The molecule has 5 nitrogen and oxygen atoms in total. The molecule has 1 atom stereocenters. The molecule has 0 amide bonds. The van der Waals surface area contributed by atoms with Crippen molar-refractivity contribution in [3.8, 4) is 23.0 Å². The van der Waals surface area contributed by atoms with Crippen molar-refractivity contribution < 1.29 is 24.9 Å². The highest BCUT2D eigenvalue weighted by Crippen LogP contribution is 2.35. The van der Waals surface area contributed by atoms with Crippen LogP contribution in [0.25, 0.3) is 0 Å². The van der Waals surface area contributed by atoms with Gasteiger partial charge in [-0.2, -0.15) is 0 Å². The van der Waals surface area contributed by atoms with E-state index in [4.69, 9.17) is 4.74 Å². The standard InChI is InChI=1S/C16H16O5/c1-9(10-3-5-11(17)6-4-10)16(20)12-7-13(18)14(19)8-15(12)21-2/h3-9,17-19H,1-2H3. The summed E-state index contributed by atoms with van der Waals surface area (Å²) in [7, 11) is 1.38. The minimum absolute atomic E-state index is 0.123. The Bertz CT molecular complexity index is 661. The topological polar surface area (TPSA) is 87.0 Å². The smallest absolute Gasteiger partial charge is 0.173 e. The minimum Gasteiger partial charge on any atom is -0.508 e. The van der Waals surface area contributed by atoms with Gasteiger partial charge in [0.2, 0.25) is 0 Å². The number of aromatic hydroxyl groups is 3. The van der Waals surface area contributed by atoms with Gasteiger partial charge in [0.25, 0.3) is 0 Å². The van der Waals surface area contributed by atoms with Crippen LogP contribution in [0.1, 0.15) is 28.8 Å². The molecule has 0 aliphatic heterocycles. The number of hydrogen-bond acceptors (Lipinski definition) is 5. The first-order valence-electron chi connectivity index (χ1n) is 6.37. The minimum atomic E-state index is -0.483. The molecule has 3 N–H and O–H groups in total. The molecule has 0 saturated heterocycles. The number of phenols is 3. The Kier molecular flexibility index (Phi) is 4.03. The molecule has 2 rings (SSSR count). The fourth-order valence-electron chi connectivity index (χ4n) is 2.07. The van der Waals surface area contributed by atoms with Crippen LogP contribution in [-0.2, 0) is 0 Å². The third kappa shape index (κ3) is 2.91. The Morgan fingerprint density at radius 2 is 1.62 bits per heavy atom. The first kappa shape index (κ1) is 14.7. The van der Waals surface area contributed by atoms with Crippen molar-refractivity contribution in [1.82, 2.24) is 0 Å². The molecule has 0 spiro atoms. The predicted molar refractivity (Wildman–Crippen MR) is 77.2 cm³/mol. The molecule has 0 aliphatic carbocycles. The molecule has 2 aromatic rings. The number of rotatable bonds is 4. The summed E-state index contributed by atoms with van der Waals surface area (Å²) < 4.78 is 5.08. The van der Waals surface area contributed by atoms with Crippen molar-refractivity contribution in [1.29, 1.82) is 0 Å². The summed E-state index contributed by atoms with van der Waals surface area (Å²) in [5.41, 5.74) is 0.917. The monoisotopic (exact) mass is 288 g/mol. The zero-order valence-corrected chi connectivity index (χ0v) is 11.7. The molecule has 0 heterocycles. The Hall–Kier alpha value is -2.69. The van der Waals surface area contributed by atoms with E-state index in [1.54, 1.807) is 19.1 Å². The number of Topliss-reactive ketones (excluding diaryl/α,β-unsaturated/α-hetero) is 1. The molecule has 0 saturated carbocycles. The van der Waals surface area contributed by atoms with E-state index < -0.39 is 5.92 Å². The van der Waals surface area contributed by atoms with Crippen molar-refractivity contribution in [2.75, 3.05) is 7.11 Å². The lowest BCUT2D eigenvalue weighted by Crippen LogP contribution is -2.11. The van der Waals surface area contributed by atoms with Crippen LogP contribution >= 0.6 is 0 Å². The highest BCUT2D eigenvalue weighted by atomic mass is 16.5. The first-order chi connectivity index (χ1) is 9.93. The summed E-state index contributed by atoms with van der Waals surface area (Å²) in [6, 6.07) is 8.71. The van der Waals surface area contributed by atoms with Gasteiger partial charge in [0.15, 0.2) is 17.3 Å². The molecule has 1 unspecified atom stereocenters. The van der Waals surface area contributed by atoms with E-state index in [2.05, 4.69) is 0 Å². The number of hydrogen-bond donors (Lipinski definition) is 3. The van der Waals surface area contributed by atoms with E-state index in [0.29, 0.717) is 0 Å². The molecular formula is C16H16O5. The van der Waals surface area contributed by atoms with Gasteiger partial charge in [0.05, 0.1) is 12.7 Å². The summed E-state index contributed by atoms with van der Waals surface area (Å²) in [6.07, 6.45) is 0. The predicted octanol–water partition coefficient (Wildman–Crippen LogP) is 2.80. The molecule has 0 aliphatic rings. The van der Waals surface area contributed by atoms with Gasteiger partial charge >= 0.3 is 0 Å². The molecule has 5 heteroatoms. The average Bonchev–Trinajstić information content (AvgIpc) is 2.49. The van der Waals surface area contributed by atoms with Gasteiger partial charge in [0.1, 0.15) is 11.5 Å². The van der Waals surface area contributed by atoms with E-state index in [1.807, 2.05) is 0 Å². The lowest BCUT2D eigenvalue weighted by molar-refractivity contribution is 0.0962. The Labute approximate surface area is 122 Å². The highest BCUT2D eigenvalue weighted by molar-refractivity contribution is 6.03. The molecule has 0 aromatic heterocycles. The first-order valence-corrected chi connectivity index (χ1v) is 6.37. The van der Waals surface area contributed by atoms with Gasteiger partial charge in [-0.1, -0.05) is 19.1 Å². The van der Waals surface area contributed by atoms with Gasteiger partial charge in [-0.3, -0.25) is 4.79 Å². The second-order valence-electron chi connectivity index (χ2n) is 4.72. The van der Waals surface area contributed by atoms with E-state index >= 15 is 0 Å². The van der Waals surface area contributed by atoms with Crippen LogP contribution in [-0.4, -0.2) is 28.2 Å². The van der Waals surface area contributed by atoms with Crippen molar-refractivity contribution >= 4 is 5.78 Å². The van der Waals surface area contributed by atoms with Crippen LogP contribution in [0.15, 0.2) is 36.4 Å². The van der Waals surface area contributed by atoms with Crippen LogP contribution < -0.4 is 4.74 Å². The molecule has 2 aromatic carbocycles. The second-order valence-corrected chi connectivity index (χ2v) is 4.72. The Morgan fingerprint density at radius 3 is 2.19 bits per heavy atom. The lowest BCUT2D eigenvalue weighted by Gasteiger charge is -2.14.